The molecule has 0 spiro atoms. The summed E-state index contributed by atoms with van der Waals surface area (Å²) >= 11 is 0. The number of fused-ring (bicyclic) bond motifs is 1. The number of hydrogen-bond acceptors (Lipinski definition) is 5. The minimum absolute atomic E-state index is 0.0480. The second-order valence-electron chi connectivity index (χ2n) is 9.54. The third-order valence-electron chi connectivity index (χ3n) is 6.87. The van der Waals surface area contributed by atoms with Gasteiger partial charge in [0.05, 0.1) is 23.3 Å². The molecule has 1 atom stereocenters. The largest absolute Gasteiger partial charge is 0.309 e. The highest BCUT2D eigenvalue weighted by molar-refractivity contribution is 6.04. The van der Waals surface area contributed by atoms with E-state index in [1.807, 2.05) is 23.8 Å². The topological polar surface area (TPSA) is 90.5 Å². The van der Waals surface area contributed by atoms with Crippen LogP contribution in [0.4, 0.5) is 10.2 Å². The van der Waals surface area contributed by atoms with Crippen molar-refractivity contribution in [2.24, 2.45) is 0 Å². The zero-order valence-corrected chi connectivity index (χ0v) is 19.7. The fraction of sp³-hybridized carbons (Fsp3) is 0.346. The summed E-state index contributed by atoms with van der Waals surface area (Å²) in [6.45, 7) is 4.81. The lowest BCUT2D eigenvalue weighted by molar-refractivity contribution is 0.102. The quantitative estimate of drug-likeness (QED) is 0.442. The normalized spacial score (nSPS) is 17.3. The minimum atomic E-state index is -0.581. The SMILES string of the molecule is Cc1cc(F)c(C(=O)Nc2cccc(-c3nnc4n3CCC[C@H]4C)n2)cc1-n1cnc(C2CC2)c1. The number of halogens is 1. The number of carbonyl (C=O) groups excluding carboxylic acids is 1. The monoisotopic (exact) mass is 471 g/mol. The third-order valence-corrected chi connectivity index (χ3v) is 6.87. The lowest BCUT2D eigenvalue weighted by Crippen LogP contribution is -2.17. The van der Waals surface area contributed by atoms with E-state index in [-0.39, 0.29) is 5.56 Å². The Hall–Kier alpha value is -3.88. The zero-order valence-electron chi connectivity index (χ0n) is 19.7. The molecule has 9 heteroatoms. The van der Waals surface area contributed by atoms with Gasteiger partial charge in [0.1, 0.15) is 23.2 Å². The molecule has 4 heterocycles. The predicted octanol–water partition coefficient (Wildman–Crippen LogP) is 5.00. The molecular weight excluding hydrogens is 445 g/mol. The van der Waals surface area contributed by atoms with Crippen molar-refractivity contribution in [2.75, 3.05) is 5.32 Å². The summed E-state index contributed by atoms with van der Waals surface area (Å²) in [5.41, 5.74) is 3.05. The molecule has 0 saturated heterocycles. The molecule has 3 aromatic heterocycles. The molecule has 1 aromatic carbocycles. The van der Waals surface area contributed by atoms with E-state index in [1.165, 1.54) is 6.07 Å². The third kappa shape index (κ3) is 4.00. The molecule has 1 aliphatic heterocycles. The summed E-state index contributed by atoms with van der Waals surface area (Å²) in [5, 5.41) is 11.5. The Morgan fingerprint density at radius 3 is 2.86 bits per heavy atom. The van der Waals surface area contributed by atoms with Gasteiger partial charge in [-0.05, 0) is 62.4 Å². The Labute approximate surface area is 202 Å². The number of aryl methyl sites for hydroxylation is 1. The minimum Gasteiger partial charge on any atom is -0.309 e. The van der Waals surface area contributed by atoms with Crippen molar-refractivity contribution in [3.05, 3.63) is 71.3 Å². The Morgan fingerprint density at radius 2 is 2.03 bits per heavy atom. The van der Waals surface area contributed by atoms with Gasteiger partial charge >= 0.3 is 0 Å². The Bertz CT molecular complexity index is 1440. The second kappa shape index (κ2) is 8.41. The zero-order chi connectivity index (χ0) is 24.1. The maximum Gasteiger partial charge on any atom is 0.259 e. The lowest BCUT2D eigenvalue weighted by atomic mass is 10.0. The summed E-state index contributed by atoms with van der Waals surface area (Å²) in [5.74, 6) is 1.68. The van der Waals surface area contributed by atoms with E-state index in [9.17, 15) is 9.18 Å². The van der Waals surface area contributed by atoms with Crippen LogP contribution in [0.25, 0.3) is 17.2 Å². The number of aromatic nitrogens is 6. The maximum absolute atomic E-state index is 14.8. The average molecular weight is 472 g/mol. The smallest absolute Gasteiger partial charge is 0.259 e. The molecule has 8 nitrogen and oxygen atoms in total. The van der Waals surface area contributed by atoms with Crippen molar-refractivity contribution in [2.45, 2.75) is 57.9 Å². The number of nitrogens with one attached hydrogen (secondary N) is 1. The van der Waals surface area contributed by atoms with Gasteiger partial charge in [0.25, 0.3) is 5.91 Å². The first-order chi connectivity index (χ1) is 17.0. The Morgan fingerprint density at radius 1 is 1.17 bits per heavy atom. The van der Waals surface area contributed by atoms with Crippen molar-refractivity contribution in [3.8, 4) is 17.2 Å². The van der Waals surface area contributed by atoms with E-state index in [2.05, 4.69) is 37.0 Å². The lowest BCUT2D eigenvalue weighted by Gasteiger charge is -2.20. The van der Waals surface area contributed by atoms with Gasteiger partial charge in [0, 0.05) is 24.6 Å². The summed E-state index contributed by atoms with van der Waals surface area (Å²) in [6.07, 6.45) is 8.13. The van der Waals surface area contributed by atoms with Crippen LogP contribution in [-0.4, -0.2) is 35.2 Å². The molecule has 1 N–H and O–H groups in total. The first-order valence-corrected chi connectivity index (χ1v) is 12.0. The van der Waals surface area contributed by atoms with Gasteiger partial charge < -0.3 is 14.5 Å². The Kier molecular flexibility index (Phi) is 5.20. The number of nitrogens with zero attached hydrogens (tertiary/aromatic N) is 6. The fourth-order valence-corrected chi connectivity index (χ4v) is 4.76. The van der Waals surface area contributed by atoms with Gasteiger partial charge in [0.2, 0.25) is 0 Å². The molecule has 1 aliphatic carbocycles. The van der Waals surface area contributed by atoms with Crippen LogP contribution in [-0.2, 0) is 6.54 Å². The van der Waals surface area contributed by atoms with Gasteiger partial charge in [-0.1, -0.05) is 13.0 Å². The fourth-order valence-electron chi connectivity index (χ4n) is 4.76. The second-order valence-corrected chi connectivity index (χ2v) is 9.54. The van der Waals surface area contributed by atoms with Crippen molar-refractivity contribution >= 4 is 11.7 Å². The van der Waals surface area contributed by atoms with Crippen LogP contribution in [0.2, 0.25) is 0 Å². The highest BCUT2D eigenvalue weighted by Crippen LogP contribution is 2.39. The molecule has 6 rings (SSSR count). The standard InChI is InChI=1S/C26H26FN7O/c1-15-5-4-10-34-24(15)31-32-25(34)20-6-3-7-23(29-20)30-26(35)18-12-22(16(2)11-19(18)27)33-13-21(28-14-33)17-8-9-17/h3,6-7,11-15,17H,4-5,8-10H2,1-2H3,(H,29,30,35)/t15-/m1/s1. The van der Waals surface area contributed by atoms with Crippen LogP contribution >= 0.6 is 0 Å². The number of anilines is 1. The van der Waals surface area contributed by atoms with E-state index in [1.54, 1.807) is 24.5 Å². The van der Waals surface area contributed by atoms with Crippen LogP contribution < -0.4 is 5.32 Å². The van der Waals surface area contributed by atoms with E-state index >= 15 is 0 Å². The van der Waals surface area contributed by atoms with E-state index in [0.29, 0.717) is 29.2 Å². The number of carbonyl (C=O) groups is 1. The average Bonchev–Trinajstić information content (AvgIpc) is 3.40. The molecule has 178 valence electrons. The van der Waals surface area contributed by atoms with Gasteiger partial charge in [0.15, 0.2) is 5.82 Å². The molecule has 35 heavy (non-hydrogen) atoms. The van der Waals surface area contributed by atoms with Crippen LogP contribution in [0.5, 0.6) is 0 Å². The van der Waals surface area contributed by atoms with E-state index < -0.39 is 11.7 Å². The Balaban J connectivity index is 1.27. The molecule has 4 aromatic rings. The molecule has 1 fully saturated rings. The molecule has 0 bridgehead atoms. The van der Waals surface area contributed by atoms with Gasteiger partial charge in [-0.3, -0.25) is 4.79 Å². The van der Waals surface area contributed by atoms with Crippen LogP contribution in [0.3, 0.4) is 0 Å². The highest BCUT2D eigenvalue weighted by Gasteiger charge is 2.26. The van der Waals surface area contributed by atoms with Crippen molar-refractivity contribution in [1.82, 2.24) is 29.3 Å². The number of benzene rings is 1. The van der Waals surface area contributed by atoms with Crippen molar-refractivity contribution in [3.63, 3.8) is 0 Å². The number of pyridine rings is 1. The number of amides is 1. The maximum atomic E-state index is 14.8. The molecule has 1 amide bonds. The van der Waals surface area contributed by atoms with Gasteiger partial charge in [-0.2, -0.15) is 0 Å². The molecular formula is C26H26FN7O. The number of rotatable bonds is 5. The molecule has 2 aliphatic rings. The van der Waals surface area contributed by atoms with Crippen molar-refractivity contribution < 1.29 is 9.18 Å². The number of imidazole rings is 1. The van der Waals surface area contributed by atoms with Gasteiger partial charge in [-0.15, -0.1) is 10.2 Å². The van der Waals surface area contributed by atoms with Crippen LogP contribution in [0.1, 0.15) is 71.9 Å². The molecule has 0 radical (unpaired) electrons. The predicted molar refractivity (Wildman–Crippen MR) is 129 cm³/mol. The van der Waals surface area contributed by atoms with E-state index in [0.717, 1.165) is 55.0 Å². The number of hydrogen-bond donors (Lipinski definition) is 1. The summed E-state index contributed by atoms with van der Waals surface area (Å²) < 4.78 is 18.8. The summed E-state index contributed by atoms with van der Waals surface area (Å²) in [4.78, 5) is 22.1. The highest BCUT2D eigenvalue weighted by atomic mass is 19.1. The van der Waals surface area contributed by atoms with Crippen LogP contribution in [0, 0.1) is 12.7 Å². The molecule has 1 saturated carbocycles. The van der Waals surface area contributed by atoms with Crippen molar-refractivity contribution in [1.29, 1.82) is 0 Å². The van der Waals surface area contributed by atoms with Gasteiger partial charge in [-0.25, -0.2) is 14.4 Å². The summed E-state index contributed by atoms with van der Waals surface area (Å²) in [7, 11) is 0. The first kappa shape index (κ1) is 21.6. The molecule has 0 unspecified atom stereocenters. The van der Waals surface area contributed by atoms with Crippen LogP contribution in [0.15, 0.2) is 42.9 Å². The first-order valence-electron chi connectivity index (χ1n) is 12.0. The van der Waals surface area contributed by atoms with E-state index in [4.69, 9.17) is 0 Å². The summed E-state index contributed by atoms with van der Waals surface area (Å²) in [6, 6.07) is 8.27.